The minimum atomic E-state index is -0.605. The first kappa shape index (κ1) is 15.5. The van der Waals surface area contributed by atoms with Gasteiger partial charge in [0.1, 0.15) is 0 Å². The van der Waals surface area contributed by atoms with Crippen LogP contribution in [0.2, 0.25) is 5.02 Å². The van der Waals surface area contributed by atoms with Crippen LogP contribution < -0.4 is 11.1 Å². The molecule has 0 radical (unpaired) electrons. The molecule has 0 aromatic heterocycles. The third kappa shape index (κ3) is 4.22. The van der Waals surface area contributed by atoms with E-state index in [1.165, 1.54) is 13.2 Å². The number of rotatable bonds is 5. The van der Waals surface area contributed by atoms with E-state index in [1.54, 1.807) is 12.1 Å². The van der Waals surface area contributed by atoms with Crippen LogP contribution in [-0.4, -0.2) is 25.0 Å². The summed E-state index contributed by atoms with van der Waals surface area (Å²) in [4.78, 5) is 23.4. The second-order valence-corrected chi connectivity index (χ2v) is 4.50. The van der Waals surface area contributed by atoms with Gasteiger partial charge in [0.05, 0.1) is 24.4 Å². The van der Waals surface area contributed by atoms with Crippen LogP contribution in [0.3, 0.4) is 0 Å². The fourth-order valence-electron chi connectivity index (χ4n) is 1.57. The maximum atomic E-state index is 11.8. The Balaban J connectivity index is 2.94. The molecule has 0 aliphatic rings. The first-order chi connectivity index (χ1) is 8.99. The molecular weight excluding hydrogens is 268 g/mol. The molecule has 1 unspecified atom stereocenters. The van der Waals surface area contributed by atoms with Gasteiger partial charge in [0.25, 0.3) is 0 Å². The summed E-state index contributed by atoms with van der Waals surface area (Å²) in [5, 5.41) is 3.00. The quantitative estimate of drug-likeness (QED) is 0.812. The van der Waals surface area contributed by atoms with Gasteiger partial charge < -0.3 is 15.8 Å². The predicted octanol–water partition coefficient (Wildman–Crippen LogP) is 2.19. The van der Waals surface area contributed by atoms with Crippen molar-refractivity contribution < 1.29 is 14.3 Å². The van der Waals surface area contributed by atoms with Crippen molar-refractivity contribution >= 4 is 29.2 Å². The number of ether oxygens (including phenoxy) is 1. The summed E-state index contributed by atoms with van der Waals surface area (Å²) in [6.45, 7) is 1.94. The smallest absolute Gasteiger partial charge is 0.340 e. The number of amides is 1. The highest BCUT2D eigenvalue weighted by atomic mass is 35.5. The highest BCUT2D eigenvalue weighted by Gasteiger charge is 2.17. The molecule has 0 saturated carbocycles. The zero-order valence-corrected chi connectivity index (χ0v) is 11.7. The van der Waals surface area contributed by atoms with Crippen LogP contribution in [0.4, 0.5) is 5.69 Å². The minimum absolute atomic E-state index is 0.201. The Labute approximate surface area is 117 Å². The standard InChI is InChI=1S/C13H17ClN2O3/c1-3-4-10(15)12(17)16-11-6-5-8(14)7-9(11)13(18)19-2/h5-7,10H,3-4,15H2,1-2H3,(H,16,17). The molecule has 0 fully saturated rings. The van der Waals surface area contributed by atoms with E-state index in [2.05, 4.69) is 10.1 Å². The number of nitrogens with one attached hydrogen (secondary N) is 1. The molecule has 1 aromatic carbocycles. The van der Waals surface area contributed by atoms with Crippen LogP contribution >= 0.6 is 11.6 Å². The van der Waals surface area contributed by atoms with E-state index in [0.717, 1.165) is 6.42 Å². The fourth-order valence-corrected chi connectivity index (χ4v) is 1.74. The second-order valence-electron chi connectivity index (χ2n) is 4.07. The number of esters is 1. The topological polar surface area (TPSA) is 81.4 Å². The van der Waals surface area contributed by atoms with Gasteiger partial charge >= 0.3 is 5.97 Å². The van der Waals surface area contributed by atoms with Gasteiger partial charge in [-0.05, 0) is 24.6 Å². The van der Waals surface area contributed by atoms with Crippen LogP contribution in [-0.2, 0) is 9.53 Å². The van der Waals surface area contributed by atoms with Crippen molar-refractivity contribution in [3.63, 3.8) is 0 Å². The number of nitrogens with two attached hydrogens (primary N) is 1. The molecule has 6 heteroatoms. The Morgan fingerprint density at radius 1 is 1.47 bits per heavy atom. The van der Waals surface area contributed by atoms with Gasteiger partial charge in [-0.1, -0.05) is 24.9 Å². The first-order valence-electron chi connectivity index (χ1n) is 5.94. The summed E-state index contributed by atoms with van der Waals surface area (Å²) >= 11 is 5.82. The molecule has 0 aliphatic heterocycles. The molecule has 0 bridgehead atoms. The zero-order chi connectivity index (χ0) is 14.4. The summed E-state index contributed by atoms with van der Waals surface area (Å²) in [5.74, 6) is -0.906. The summed E-state index contributed by atoms with van der Waals surface area (Å²) < 4.78 is 4.64. The zero-order valence-electron chi connectivity index (χ0n) is 10.9. The summed E-state index contributed by atoms with van der Waals surface area (Å²) in [6.07, 6.45) is 1.38. The van der Waals surface area contributed by atoms with Gasteiger partial charge in [0, 0.05) is 5.02 Å². The molecule has 1 atom stereocenters. The third-order valence-electron chi connectivity index (χ3n) is 2.58. The average molecular weight is 285 g/mol. The van der Waals surface area contributed by atoms with Crippen molar-refractivity contribution in [2.75, 3.05) is 12.4 Å². The minimum Gasteiger partial charge on any atom is -0.465 e. The molecule has 3 N–H and O–H groups in total. The molecule has 0 aliphatic carbocycles. The van der Waals surface area contributed by atoms with Gasteiger partial charge in [0.15, 0.2) is 0 Å². The number of halogens is 1. The van der Waals surface area contributed by atoms with Crippen molar-refractivity contribution in [3.05, 3.63) is 28.8 Å². The van der Waals surface area contributed by atoms with Gasteiger partial charge in [-0.2, -0.15) is 0 Å². The van der Waals surface area contributed by atoms with Gasteiger partial charge in [-0.15, -0.1) is 0 Å². The number of hydrogen-bond acceptors (Lipinski definition) is 4. The van der Waals surface area contributed by atoms with Crippen LogP contribution in [0.1, 0.15) is 30.1 Å². The number of methoxy groups -OCH3 is 1. The van der Waals surface area contributed by atoms with E-state index in [1.807, 2.05) is 6.92 Å². The lowest BCUT2D eigenvalue weighted by atomic mass is 10.1. The van der Waals surface area contributed by atoms with Gasteiger partial charge in [-0.25, -0.2) is 4.79 Å². The predicted molar refractivity (Wildman–Crippen MR) is 74.3 cm³/mol. The van der Waals surface area contributed by atoms with E-state index in [4.69, 9.17) is 17.3 Å². The van der Waals surface area contributed by atoms with Crippen molar-refractivity contribution in [2.45, 2.75) is 25.8 Å². The Morgan fingerprint density at radius 2 is 2.16 bits per heavy atom. The number of hydrogen-bond donors (Lipinski definition) is 2. The maximum Gasteiger partial charge on any atom is 0.340 e. The van der Waals surface area contributed by atoms with Crippen molar-refractivity contribution in [3.8, 4) is 0 Å². The molecule has 1 aromatic rings. The summed E-state index contributed by atoms with van der Waals surface area (Å²) in [7, 11) is 1.26. The van der Waals surface area contributed by atoms with Gasteiger partial charge in [0.2, 0.25) is 5.91 Å². The van der Waals surface area contributed by atoms with E-state index in [0.29, 0.717) is 17.1 Å². The molecule has 5 nitrogen and oxygen atoms in total. The molecule has 1 amide bonds. The monoisotopic (exact) mass is 284 g/mol. The van der Waals surface area contributed by atoms with Crippen LogP contribution in [0.15, 0.2) is 18.2 Å². The lowest BCUT2D eigenvalue weighted by Gasteiger charge is -2.13. The maximum absolute atomic E-state index is 11.8. The van der Waals surface area contributed by atoms with Crippen molar-refractivity contribution in [2.24, 2.45) is 5.73 Å². The Morgan fingerprint density at radius 3 is 2.74 bits per heavy atom. The molecule has 0 spiro atoms. The lowest BCUT2D eigenvalue weighted by molar-refractivity contribution is -0.117. The number of anilines is 1. The first-order valence-corrected chi connectivity index (χ1v) is 6.31. The Hall–Kier alpha value is -1.59. The van der Waals surface area contributed by atoms with Crippen LogP contribution in [0, 0.1) is 0 Å². The normalized spacial score (nSPS) is 11.8. The summed E-state index contributed by atoms with van der Waals surface area (Å²) in [5.41, 5.74) is 6.25. The molecule has 19 heavy (non-hydrogen) atoms. The second kappa shape index (κ2) is 7.11. The Bertz CT molecular complexity index is 477. The van der Waals surface area contributed by atoms with Crippen molar-refractivity contribution in [1.82, 2.24) is 0 Å². The molecule has 0 heterocycles. The highest BCUT2D eigenvalue weighted by Crippen LogP contribution is 2.21. The highest BCUT2D eigenvalue weighted by molar-refractivity contribution is 6.31. The number of carbonyl (C=O) groups excluding carboxylic acids is 2. The summed E-state index contributed by atoms with van der Waals surface area (Å²) in [6, 6.07) is 3.96. The number of benzene rings is 1. The SMILES string of the molecule is CCCC(N)C(=O)Nc1ccc(Cl)cc1C(=O)OC. The van der Waals surface area contributed by atoms with Gasteiger partial charge in [-0.3, -0.25) is 4.79 Å². The molecule has 1 rings (SSSR count). The molecular formula is C13H17ClN2O3. The lowest BCUT2D eigenvalue weighted by Crippen LogP contribution is -2.35. The van der Waals surface area contributed by atoms with E-state index in [9.17, 15) is 9.59 Å². The van der Waals surface area contributed by atoms with Crippen LogP contribution in [0.25, 0.3) is 0 Å². The van der Waals surface area contributed by atoms with E-state index in [-0.39, 0.29) is 11.5 Å². The third-order valence-corrected chi connectivity index (χ3v) is 2.82. The Kier molecular flexibility index (Phi) is 5.79. The van der Waals surface area contributed by atoms with E-state index >= 15 is 0 Å². The molecule has 0 saturated heterocycles. The fraction of sp³-hybridized carbons (Fsp3) is 0.385. The van der Waals surface area contributed by atoms with E-state index < -0.39 is 12.0 Å². The average Bonchev–Trinajstić information content (AvgIpc) is 2.40. The van der Waals surface area contributed by atoms with Crippen molar-refractivity contribution in [1.29, 1.82) is 0 Å². The number of carbonyl (C=O) groups is 2. The van der Waals surface area contributed by atoms with Crippen LogP contribution in [0.5, 0.6) is 0 Å². The molecule has 104 valence electrons. The largest absolute Gasteiger partial charge is 0.465 e.